The molecule has 1 aromatic carbocycles. The quantitative estimate of drug-likeness (QED) is 0.170. The van der Waals surface area contributed by atoms with Gasteiger partial charge in [-0.1, -0.05) is 31.4 Å². The van der Waals surface area contributed by atoms with Gasteiger partial charge in [-0.3, -0.25) is 9.79 Å². The minimum atomic E-state index is 0. The van der Waals surface area contributed by atoms with Gasteiger partial charge >= 0.3 is 0 Å². The zero-order valence-electron chi connectivity index (χ0n) is 20.2. The maximum atomic E-state index is 12.1. The van der Waals surface area contributed by atoms with E-state index in [4.69, 9.17) is 9.73 Å². The van der Waals surface area contributed by atoms with Gasteiger partial charge in [0.05, 0.1) is 6.10 Å². The van der Waals surface area contributed by atoms with Crippen molar-refractivity contribution in [3.8, 4) is 0 Å². The molecule has 1 aliphatic rings. The monoisotopic (exact) mass is 558 g/mol. The molecule has 2 rings (SSSR count). The summed E-state index contributed by atoms with van der Waals surface area (Å²) in [6.07, 6.45) is 11.3. The van der Waals surface area contributed by atoms with Crippen LogP contribution in [0.15, 0.2) is 29.3 Å². The molecular formula is C25H43IN4O2. The molecule has 0 heterocycles. The summed E-state index contributed by atoms with van der Waals surface area (Å²) in [5.41, 5.74) is 1.88. The first kappa shape index (κ1) is 28.7. The van der Waals surface area contributed by atoms with Crippen molar-refractivity contribution < 1.29 is 9.53 Å². The minimum Gasteiger partial charge on any atom is -0.378 e. The highest BCUT2D eigenvalue weighted by atomic mass is 127. The van der Waals surface area contributed by atoms with E-state index >= 15 is 0 Å². The van der Waals surface area contributed by atoms with Crippen LogP contribution in [0.25, 0.3) is 0 Å². The predicted molar refractivity (Wildman–Crippen MR) is 144 cm³/mol. The fourth-order valence-corrected chi connectivity index (χ4v) is 3.85. The lowest BCUT2D eigenvalue weighted by molar-refractivity contribution is 0.0264. The molecule has 32 heavy (non-hydrogen) atoms. The Morgan fingerprint density at radius 3 is 2.62 bits per heavy atom. The number of amides is 1. The van der Waals surface area contributed by atoms with E-state index in [1.807, 2.05) is 18.2 Å². The van der Waals surface area contributed by atoms with Gasteiger partial charge in [0, 0.05) is 45.9 Å². The van der Waals surface area contributed by atoms with Gasteiger partial charge in [0.15, 0.2) is 5.96 Å². The molecule has 0 aromatic heterocycles. The van der Waals surface area contributed by atoms with Crippen molar-refractivity contribution in [2.24, 2.45) is 4.99 Å². The van der Waals surface area contributed by atoms with Crippen LogP contribution in [0.1, 0.15) is 74.2 Å². The summed E-state index contributed by atoms with van der Waals surface area (Å²) < 4.78 is 6.00. The molecule has 1 fully saturated rings. The van der Waals surface area contributed by atoms with Gasteiger partial charge in [0.2, 0.25) is 0 Å². The third-order valence-electron chi connectivity index (χ3n) is 5.61. The number of rotatable bonds is 12. The van der Waals surface area contributed by atoms with E-state index in [2.05, 4.69) is 23.6 Å². The summed E-state index contributed by atoms with van der Waals surface area (Å²) in [4.78, 5) is 18.4. The summed E-state index contributed by atoms with van der Waals surface area (Å²) in [6, 6.07) is 7.85. The molecule has 1 aliphatic carbocycles. The molecule has 0 unspecified atom stereocenters. The third kappa shape index (κ3) is 11.5. The second-order valence-corrected chi connectivity index (χ2v) is 8.53. The van der Waals surface area contributed by atoms with E-state index in [9.17, 15) is 4.79 Å². The van der Waals surface area contributed by atoms with Gasteiger partial charge in [0.25, 0.3) is 5.91 Å². The Morgan fingerprint density at radius 2 is 1.91 bits per heavy atom. The Labute approximate surface area is 212 Å². The predicted octanol–water partition coefficient (Wildman–Crippen LogP) is 4.62. The van der Waals surface area contributed by atoms with Crippen molar-refractivity contribution >= 4 is 35.8 Å². The van der Waals surface area contributed by atoms with Gasteiger partial charge in [-0.2, -0.15) is 0 Å². The Balaban J connectivity index is 0.00000512. The van der Waals surface area contributed by atoms with Crippen molar-refractivity contribution in [2.75, 3.05) is 40.3 Å². The van der Waals surface area contributed by atoms with E-state index < -0.39 is 0 Å². The molecule has 2 N–H and O–H groups in total. The Hall–Kier alpha value is -1.35. The number of nitrogens with zero attached hydrogens (tertiary/aromatic N) is 2. The van der Waals surface area contributed by atoms with E-state index in [-0.39, 0.29) is 29.9 Å². The maximum absolute atomic E-state index is 12.1. The number of aliphatic imine (C=N–C) groups is 1. The van der Waals surface area contributed by atoms with E-state index in [0.717, 1.165) is 69.0 Å². The number of halogens is 1. The SMILES string of the molecule is CCNC(=NCCCCCOC1CCCCC1)NCCc1cccc(C(=O)N(C)C)c1.I. The van der Waals surface area contributed by atoms with Crippen molar-refractivity contribution in [3.63, 3.8) is 0 Å². The molecule has 182 valence electrons. The number of unbranched alkanes of at least 4 members (excludes halogenated alkanes) is 2. The number of carbonyl (C=O) groups excluding carboxylic acids is 1. The number of nitrogens with one attached hydrogen (secondary N) is 2. The molecule has 0 spiro atoms. The van der Waals surface area contributed by atoms with Gasteiger partial charge in [-0.25, -0.2) is 0 Å². The maximum Gasteiger partial charge on any atom is 0.253 e. The third-order valence-corrected chi connectivity index (χ3v) is 5.61. The van der Waals surface area contributed by atoms with E-state index in [0.29, 0.717) is 6.10 Å². The molecule has 0 saturated heterocycles. The fourth-order valence-electron chi connectivity index (χ4n) is 3.85. The van der Waals surface area contributed by atoms with Crippen LogP contribution in [0.2, 0.25) is 0 Å². The lowest BCUT2D eigenvalue weighted by Crippen LogP contribution is -2.38. The van der Waals surface area contributed by atoms with E-state index in [1.165, 1.54) is 32.1 Å². The fraction of sp³-hybridized carbons (Fsp3) is 0.680. The van der Waals surface area contributed by atoms with Crippen LogP contribution in [0.3, 0.4) is 0 Å². The van der Waals surface area contributed by atoms with Crippen molar-refractivity contribution in [2.45, 2.75) is 70.8 Å². The average molecular weight is 559 g/mol. The number of ether oxygens (including phenoxy) is 1. The largest absolute Gasteiger partial charge is 0.378 e. The van der Waals surface area contributed by atoms with Crippen LogP contribution in [-0.4, -0.2) is 63.2 Å². The molecule has 1 saturated carbocycles. The van der Waals surface area contributed by atoms with Crippen LogP contribution in [-0.2, 0) is 11.2 Å². The summed E-state index contributed by atoms with van der Waals surface area (Å²) in [5.74, 6) is 0.898. The van der Waals surface area contributed by atoms with Crippen LogP contribution in [0.4, 0.5) is 0 Å². The second kappa shape index (κ2) is 17.2. The van der Waals surface area contributed by atoms with Crippen LogP contribution in [0, 0.1) is 0 Å². The summed E-state index contributed by atoms with van der Waals surface area (Å²) >= 11 is 0. The summed E-state index contributed by atoms with van der Waals surface area (Å²) in [7, 11) is 3.55. The molecular weight excluding hydrogens is 515 g/mol. The van der Waals surface area contributed by atoms with Crippen molar-refractivity contribution in [1.82, 2.24) is 15.5 Å². The lowest BCUT2D eigenvalue weighted by Gasteiger charge is -2.21. The Bertz CT molecular complexity index is 676. The normalized spacial score (nSPS) is 14.5. The molecule has 0 aliphatic heterocycles. The van der Waals surface area contributed by atoms with Crippen molar-refractivity contribution in [3.05, 3.63) is 35.4 Å². The molecule has 0 radical (unpaired) electrons. The van der Waals surface area contributed by atoms with Gasteiger partial charge in [-0.05, 0) is 63.1 Å². The van der Waals surface area contributed by atoms with Crippen LogP contribution < -0.4 is 10.6 Å². The van der Waals surface area contributed by atoms with Gasteiger partial charge in [0.1, 0.15) is 0 Å². The highest BCUT2D eigenvalue weighted by Gasteiger charge is 2.13. The molecule has 6 nitrogen and oxygen atoms in total. The number of hydrogen-bond acceptors (Lipinski definition) is 3. The molecule has 1 aromatic rings. The number of benzene rings is 1. The summed E-state index contributed by atoms with van der Waals surface area (Å²) in [6.45, 7) is 5.42. The zero-order valence-corrected chi connectivity index (χ0v) is 22.5. The second-order valence-electron chi connectivity index (χ2n) is 8.53. The average Bonchev–Trinajstić information content (AvgIpc) is 2.78. The summed E-state index contributed by atoms with van der Waals surface area (Å²) in [5, 5.41) is 6.72. The minimum absolute atomic E-state index is 0. The van der Waals surface area contributed by atoms with E-state index in [1.54, 1.807) is 19.0 Å². The first-order chi connectivity index (χ1) is 15.1. The van der Waals surface area contributed by atoms with Gasteiger partial charge < -0.3 is 20.3 Å². The lowest BCUT2D eigenvalue weighted by atomic mass is 9.98. The first-order valence-electron chi connectivity index (χ1n) is 12.0. The highest BCUT2D eigenvalue weighted by Crippen LogP contribution is 2.20. The van der Waals surface area contributed by atoms with Gasteiger partial charge in [-0.15, -0.1) is 24.0 Å². The Kier molecular flexibility index (Phi) is 15.4. The molecule has 1 amide bonds. The first-order valence-corrected chi connectivity index (χ1v) is 12.0. The molecule has 0 atom stereocenters. The highest BCUT2D eigenvalue weighted by molar-refractivity contribution is 14.0. The van der Waals surface area contributed by atoms with Crippen LogP contribution in [0.5, 0.6) is 0 Å². The standard InChI is InChI=1S/C25H42N4O2.HI/c1-4-26-25(27-17-9-6-10-19-31-23-14-7-5-8-15-23)28-18-16-21-12-11-13-22(20-21)24(30)29(2)3;/h11-13,20,23H,4-10,14-19H2,1-3H3,(H2,26,27,28);1H. The Morgan fingerprint density at radius 1 is 1.12 bits per heavy atom. The number of carbonyl (C=O) groups is 1. The van der Waals surface area contributed by atoms with Crippen LogP contribution >= 0.6 is 24.0 Å². The topological polar surface area (TPSA) is 66.0 Å². The smallest absolute Gasteiger partial charge is 0.253 e. The molecule has 7 heteroatoms. The number of guanidine groups is 1. The number of hydrogen-bond donors (Lipinski definition) is 2. The zero-order chi connectivity index (χ0) is 22.3. The molecule has 0 bridgehead atoms. The van der Waals surface area contributed by atoms with Crippen molar-refractivity contribution in [1.29, 1.82) is 0 Å².